The summed E-state index contributed by atoms with van der Waals surface area (Å²) in [5.74, 6) is -0.669. The molecule has 1 aliphatic rings. The Labute approximate surface area is 135 Å². The number of hydrogen-bond donors (Lipinski definition) is 0. The van der Waals surface area contributed by atoms with Crippen LogP contribution in [0.2, 0.25) is 0 Å². The molecule has 23 heavy (non-hydrogen) atoms. The second-order valence-electron chi connectivity index (χ2n) is 6.06. The predicted molar refractivity (Wildman–Crippen MR) is 87.3 cm³/mol. The fraction of sp³-hybridized carbons (Fsp3) is 0.389. The van der Waals surface area contributed by atoms with E-state index in [1.54, 1.807) is 21.0 Å². The van der Waals surface area contributed by atoms with Crippen molar-refractivity contribution in [1.82, 2.24) is 9.88 Å². The molecule has 2 aromatic rings. The van der Waals surface area contributed by atoms with E-state index >= 15 is 0 Å². The fourth-order valence-electron chi connectivity index (χ4n) is 3.08. The van der Waals surface area contributed by atoms with Crippen molar-refractivity contribution in [2.75, 3.05) is 14.1 Å². The number of hydrogen-bond acceptors (Lipinski definition) is 4. The largest absolute Gasteiger partial charge is 0.449 e. The van der Waals surface area contributed by atoms with E-state index in [1.165, 1.54) is 4.90 Å². The molecule has 1 atom stereocenters. The number of rotatable bonds is 3. The quantitative estimate of drug-likeness (QED) is 0.816. The molecule has 1 heterocycles. The minimum atomic E-state index is -0.804. The fourth-order valence-corrected chi connectivity index (χ4v) is 3.08. The van der Waals surface area contributed by atoms with Gasteiger partial charge >= 0.3 is 5.97 Å². The molecule has 1 aliphatic carbocycles. The number of para-hydroxylation sites is 1. The number of pyridine rings is 1. The van der Waals surface area contributed by atoms with E-state index in [1.807, 2.05) is 24.3 Å². The highest BCUT2D eigenvalue weighted by Gasteiger charge is 2.27. The predicted octanol–water partition coefficient (Wildman–Crippen LogP) is 2.36. The number of amides is 1. The first-order valence-electron chi connectivity index (χ1n) is 7.81. The van der Waals surface area contributed by atoms with Crippen LogP contribution in [0.15, 0.2) is 24.3 Å². The summed E-state index contributed by atoms with van der Waals surface area (Å²) in [6.07, 6.45) is 1.90. The zero-order valence-corrected chi connectivity index (χ0v) is 13.6. The molecule has 1 aromatic carbocycles. The van der Waals surface area contributed by atoms with E-state index in [9.17, 15) is 9.59 Å². The van der Waals surface area contributed by atoms with Crippen molar-refractivity contribution < 1.29 is 14.3 Å². The Balaban J connectivity index is 2.02. The maximum atomic E-state index is 12.7. The highest BCUT2D eigenvalue weighted by molar-refractivity contribution is 6.05. The summed E-state index contributed by atoms with van der Waals surface area (Å²) in [6, 6.07) is 7.58. The highest BCUT2D eigenvalue weighted by Crippen LogP contribution is 2.30. The second-order valence-corrected chi connectivity index (χ2v) is 6.06. The number of likely N-dealkylation sites (N-methyl/N-ethyl adjacent to an activating group) is 1. The first-order valence-corrected chi connectivity index (χ1v) is 7.81. The van der Waals surface area contributed by atoms with Crippen molar-refractivity contribution in [3.05, 3.63) is 41.1 Å². The molecular formula is C18H20N2O3. The Hall–Kier alpha value is -2.43. The zero-order chi connectivity index (χ0) is 16.6. The lowest BCUT2D eigenvalue weighted by molar-refractivity contribution is -0.137. The van der Waals surface area contributed by atoms with Crippen LogP contribution < -0.4 is 0 Å². The van der Waals surface area contributed by atoms with Crippen molar-refractivity contribution >= 4 is 22.8 Å². The molecule has 1 amide bonds. The number of benzene rings is 1. The van der Waals surface area contributed by atoms with Gasteiger partial charge in [0, 0.05) is 25.2 Å². The Bertz CT molecular complexity index is 783. The molecule has 3 rings (SSSR count). The lowest BCUT2D eigenvalue weighted by Crippen LogP contribution is -2.35. The summed E-state index contributed by atoms with van der Waals surface area (Å²) in [4.78, 5) is 30.8. The van der Waals surface area contributed by atoms with Crippen LogP contribution in [0.5, 0.6) is 0 Å². The number of carbonyl (C=O) groups excluding carboxylic acids is 2. The topological polar surface area (TPSA) is 59.5 Å². The van der Waals surface area contributed by atoms with Crippen LogP contribution in [0.1, 0.15) is 35.0 Å². The van der Waals surface area contributed by atoms with Crippen LogP contribution in [0, 0.1) is 0 Å². The Morgan fingerprint density at radius 3 is 2.70 bits per heavy atom. The molecule has 0 N–H and O–H groups in total. The van der Waals surface area contributed by atoms with Gasteiger partial charge in [-0.25, -0.2) is 4.79 Å². The molecule has 0 saturated heterocycles. The van der Waals surface area contributed by atoms with Gasteiger partial charge in [-0.05, 0) is 37.8 Å². The van der Waals surface area contributed by atoms with Gasteiger partial charge in [-0.15, -0.1) is 0 Å². The smallest absolute Gasteiger partial charge is 0.339 e. The Morgan fingerprint density at radius 2 is 1.96 bits per heavy atom. The molecule has 5 nitrogen and oxygen atoms in total. The first kappa shape index (κ1) is 15.5. The highest BCUT2D eigenvalue weighted by atomic mass is 16.5. The number of fused-ring (bicyclic) bond motifs is 2. The third kappa shape index (κ3) is 2.79. The van der Waals surface area contributed by atoms with E-state index in [2.05, 4.69) is 4.98 Å². The SMILES string of the molecule is C[C@H](OC(=O)c1c2c(nc3ccccc13)CCC2)C(=O)N(C)C. The van der Waals surface area contributed by atoms with E-state index < -0.39 is 12.1 Å². The number of esters is 1. The Morgan fingerprint density at radius 1 is 1.22 bits per heavy atom. The van der Waals surface area contributed by atoms with E-state index in [-0.39, 0.29) is 5.91 Å². The molecule has 0 bridgehead atoms. The maximum Gasteiger partial charge on any atom is 0.339 e. The number of carbonyl (C=O) groups is 2. The molecule has 0 radical (unpaired) electrons. The third-order valence-electron chi connectivity index (χ3n) is 4.20. The van der Waals surface area contributed by atoms with Gasteiger partial charge in [-0.3, -0.25) is 9.78 Å². The van der Waals surface area contributed by atoms with Gasteiger partial charge in [0.15, 0.2) is 6.10 Å². The Kier molecular flexibility index (Phi) is 4.03. The van der Waals surface area contributed by atoms with Crippen LogP contribution in [0.3, 0.4) is 0 Å². The summed E-state index contributed by atoms with van der Waals surface area (Å²) in [6.45, 7) is 1.60. The standard InChI is InChI=1S/C18H20N2O3/c1-11(17(21)20(2)3)23-18(22)16-12-7-4-5-9-14(12)19-15-10-6-8-13(15)16/h4-5,7,9,11H,6,8,10H2,1-3H3/t11-/m0/s1. The lowest BCUT2D eigenvalue weighted by Gasteiger charge is -2.18. The van der Waals surface area contributed by atoms with Gasteiger partial charge in [0.25, 0.3) is 5.91 Å². The van der Waals surface area contributed by atoms with Crippen molar-refractivity contribution in [2.45, 2.75) is 32.3 Å². The molecule has 120 valence electrons. The number of aryl methyl sites for hydroxylation is 1. The minimum absolute atomic E-state index is 0.228. The van der Waals surface area contributed by atoms with Crippen molar-refractivity contribution in [1.29, 1.82) is 0 Å². The van der Waals surface area contributed by atoms with Crippen LogP contribution >= 0.6 is 0 Å². The first-order chi connectivity index (χ1) is 11.0. The molecule has 1 aromatic heterocycles. The number of aromatic nitrogens is 1. The molecule has 0 unspecified atom stereocenters. The normalized spacial score (nSPS) is 14.4. The molecule has 0 aliphatic heterocycles. The summed E-state index contributed by atoms with van der Waals surface area (Å²) in [5.41, 5.74) is 3.31. The molecule has 0 saturated carbocycles. The second kappa shape index (κ2) is 5.99. The van der Waals surface area contributed by atoms with Gasteiger partial charge in [-0.2, -0.15) is 0 Å². The third-order valence-corrected chi connectivity index (χ3v) is 4.20. The van der Waals surface area contributed by atoms with Gasteiger partial charge in [0.2, 0.25) is 0 Å². The summed E-state index contributed by atoms with van der Waals surface area (Å²) < 4.78 is 5.43. The van der Waals surface area contributed by atoms with E-state index in [0.717, 1.165) is 41.4 Å². The molecule has 5 heteroatoms. The number of ether oxygens (including phenoxy) is 1. The molecule has 0 fully saturated rings. The summed E-state index contributed by atoms with van der Waals surface area (Å²) in [7, 11) is 3.29. The summed E-state index contributed by atoms with van der Waals surface area (Å²) in [5, 5.41) is 0.794. The van der Waals surface area contributed by atoms with Crippen LogP contribution in [-0.4, -0.2) is 42.0 Å². The van der Waals surface area contributed by atoms with E-state index in [4.69, 9.17) is 4.74 Å². The van der Waals surface area contributed by atoms with E-state index in [0.29, 0.717) is 5.56 Å². The van der Waals surface area contributed by atoms with Gasteiger partial charge < -0.3 is 9.64 Å². The van der Waals surface area contributed by atoms with Crippen LogP contribution in [0.4, 0.5) is 0 Å². The van der Waals surface area contributed by atoms with Crippen molar-refractivity contribution in [2.24, 2.45) is 0 Å². The average molecular weight is 312 g/mol. The van der Waals surface area contributed by atoms with Gasteiger partial charge in [0.05, 0.1) is 11.1 Å². The van der Waals surface area contributed by atoms with Crippen LogP contribution in [-0.2, 0) is 22.4 Å². The number of nitrogens with zero attached hydrogens (tertiary/aromatic N) is 2. The molecular weight excluding hydrogens is 292 g/mol. The van der Waals surface area contributed by atoms with Crippen molar-refractivity contribution in [3.63, 3.8) is 0 Å². The molecule has 0 spiro atoms. The average Bonchev–Trinajstić information content (AvgIpc) is 2.98. The lowest BCUT2D eigenvalue weighted by atomic mass is 10.0. The van der Waals surface area contributed by atoms with Crippen molar-refractivity contribution in [3.8, 4) is 0 Å². The summed E-state index contributed by atoms with van der Waals surface area (Å²) >= 11 is 0. The zero-order valence-electron chi connectivity index (χ0n) is 13.6. The van der Waals surface area contributed by atoms with Gasteiger partial charge in [0.1, 0.15) is 0 Å². The maximum absolute atomic E-state index is 12.7. The van der Waals surface area contributed by atoms with Crippen LogP contribution in [0.25, 0.3) is 10.9 Å². The minimum Gasteiger partial charge on any atom is -0.449 e. The van der Waals surface area contributed by atoms with Gasteiger partial charge in [-0.1, -0.05) is 18.2 Å². The monoisotopic (exact) mass is 312 g/mol.